The van der Waals surface area contributed by atoms with Gasteiger partial charge in [0, 0.05) is 42.0 Å². The van der Waals surface area contributed by atoms with Crippen LogP contribution in [0.2, 0.25) is 0 Å². The van der Waals surface area contributed by atoms with Crippen molar-refractivity contribution in [1.29, 1.82) is 0 Å². The van der Waals surface area contributed by atoms with E-state index in [0.29, 0.717) is 36.5 Å². The SMILES string of the molecule is CSc1nc2nc(C)c(CC(=O)N3CCC(C(=O)NC4CC4)CC3)c(C)n2n1. The maximum absolute atomic E-state index is 12.9. The van der Waals surface area contributed by atoms with Crippen LogP contribution in [-0.2, 0) is 16.0 Å². The molecule has 2 aromatic heterocycles. The second-order valence-corrected chi connectivity index (χ2v) is 8.46. The van der Waals surface area contributed by atoms with Gasteiger partial charge in [-0.25, -0.2) is 9.50 Å². The molecular weight excluding hydrogens is 376 g/mol. The van der Waals surface area contributed by atoms with Crippen LogP contribution in [0, 0.1) is 19.8 Å². The van der Waals surface area contributed by atoms with Gasteiger partial charge in [-0.05, 0) is 45.8 Å². The van der Waals surface area contributed by atoms with Crippen molar-refractivity contribution in [3.05, 3.63) is 17.0 Å². The Bertz CT molecular complexity index is 915. The molecule has 28 heavy (non-hydrogen) atoms. The number of hydrogen-bond acceptors (Lipinski definition) is 6. The maximum Gasteiger partial charge on any atom is 0.253 e. The summed E-state index contributed by atoms with van der Waals surface area (Å²) in [7, 11) is 0. The smallest absolute Gasteiger partial charge is 0.253 e. The number of fused-ring (bicyclic) bond motifs is 1. The molecule has 2 aliphatic rings. The quantitative estimate of drug-likeness (QED) is 0.763. The summed E-state index contributed by atoms with van der Waals surface area (Å²) in [6.07, 6.45) is 5.90. The number of aromatic nitrogens is 4. The van der Waals surface area contributed by atoms with Gasteiger partial charge in [0.05, 0.1) is 6.42 Å². The summed E-state index contributed by atoms with van der Waals surface area (Å²) >= 11 is 1.47. The zero-order valence-electron chi connectivity index (χ0n) is 16.6. The summed E-state index contributed by atoms with van der Waals surface area (Å²) in [5.74, 6) is 0.842. The Kier molecular flexibility index (Phi) is 5.27. The van der Waals surface area contributed by atoms with E-state index in [4.69, 9.17) is 0 Å². The van der Waals surface area contributed by atoms with Crippen LogP contribution in [-0.4, -0.2) is 61.7 Å². The van der Waals surface area contributed by atoms with Gasteiger partial charge in [-0.3, -0.25) is 9.59 Å². The monoisotopic (exact) mass is 402 g/mol. The van der Waals surface area contributed by atoms with Crippen LogP contribution in [0.3, 0.4) is 0 Å². The third-order valence-electron chi connectivity index (χ3n) is 5.68. The molecule has 0 atom stereocenters. The van der Waals surface area contributed by atoms with Crippen molar-refractivity contribution >= 4 is 29.4 Å². The fourth-order valence-electron chi connectivity index (χ4n) is 3.73. The number of hydrogen-bond donors (Lipinski definition) is 1. The zero-order valence-corrected chi connectivity index (χ0v) is 17.4. The van der Waals surface area contributed by atoms with Crippen LogP contribution < -0.4 is 5.32 Å². The first-order valence-electron chi connectivity index (χ1n) is 9.81. The highest BCUT2D eigenvalue weighted by Gasteiger charge is 2.31. The van der Waals surface area contributed by atoms with E-state index in [-0.39, 0.29) is 17.7 Å². The molecule has 150 valence electrons. The number of rotatable bonds is 5. The number of nitrogens with zero attached hydrogens (tertiary/aromatic N) is 5. The topological polar surface area (TPSA) is 92.5 Å². The number of piperidine rings is 1. The van der Waals surface area contributed by atoms with Gasteiger partial charge in [0.2, 0.25) is 17.0 Å². The number of carbonyl (C=O) groups excluding carboxylic acids is 2. The molecule has 1 aliphatic carbocycles. The van der Waals surface area contributed by atoms with E-state index in [1.54, 1.807) is 4.52 Å². The number of likely N-dealkylation sites (tertiary alicyclic amines) is 1. The van der Waals surface area contributed by atoms with E-state index in [1.807, 2.05) is 25.0 Å². The Labute approximate surface area is 168 Å². The third-order valence-corrected chi connectivity index (χ3v) is 6.22. The maximum atomic E-state index is 12.9. The molecule has 1 aliphatic heterocycles. The number of aryl methyl sites for hydroxylation is 2. The molecule has 1 saturated heterocycles. The number of thioether (sulfide) groups is 1. The van der Waals surface area contributed by atoms with Gasteiger partial charge in [0.1, 0.15) is 0 Å². The summed E-state index contributed by atoms with van der Waals surface area (Å²) in [5.41, 5.74) is 2.63. The van der Waals surface area contributed by atoms with Crippen molar-refractivity contribution in [2.45, 2.75) is 57.1 Å². The lowest BCUT2D eigenvalue weighted by atomic mass is 9.95. The fourth-order valence-corrected chi connectivity index (χ4v) is 4.07. The number of carbonyl (C=O) groups is 2. The van der Waals surface area contributed by atoms with Gasteiger partial charge < -0.3 is 10.2 Å². The van der Waals surface area contributed by atoms with Gasteiger partial charge in [-0.1, -0.05) is 11.8 Å². The van der Waals surface area contributed by atoms with E-state index >= 15 is 0 Å². The predicted molar refractivity (Wildman–Crippen MR) is 106 cm³/mol. The van der Waals surface area contributed by atoms with Gasteiger partial charge >= 0.3 is 0 Å². The molecule has 0 bridgehead atoms. The molecular formula is C19H26N6O2S. The van der Waals surface area contributed by atoms with Crippen LogP contribution in [0.1, 0.15) is 42.6 Å². The van der Waals surface area contributed by atoms with E-state index in [1.165, 1.54) is 11.8 Å². The van der Waals surface area contributed by atoms with Crippen molar-refractivity contribution in [3.8, 4) is 0 Å². The predicted octanol–water partition coefficient (Wildman–Crippen LogP) is 1.52. The summed E-state index contributed by atoms with van der Waals surface area (Å²) < 4.78 is 1.72. The highest BCUT2D eigenvalue weighted by atomic mass is 32.2. The lowest BCUT2D eigenvalue weighted by Gasteiger charge is -2.31. The second kappa shape index (κ2) is 7.69. The van der Waals surface area contributed by atoms with Crippen LogP contribution in [0.25, 0.3) is 5.78 Å². The van der Waals surface area contributed by atoms with Crippen LogP contribution >= 0.6 is 11.8 Å². The van der Waals surface area contributed by atoms with Crippen molar-refractivity contribution in [2.75, 3.05) is 19.3 Å². The van der Waals surface area contributed by atoms with Crippen molar-refractivity contribution in [1.82, 2.24) is 29.8 Å². The van der Waals surface area contributed by atoms with Gasteiger partial charge in [0.25, 0.3) is 5.78 Å². The molecule has 0 radical (unpaired) electrons. The first-order valence-corrected chi connectivity index (χ1v) is 11.0. The van der Waals surface area contributed by atoms with E-state index in [2.05, 4.69) is 20.4 Å². The fraction of sp³-hybridized carbons (Fsp3) is 0.632. The summed E-state index contributed by atoms with van der Waals surface area (Å²) in [6, 6.07) is 0.393. The molecule has 8 nitrogen and oxygen atoms in total. The molecule has 4 rings (SSSR count). The minimum atomic E-state index is 0.0336. The normalized spacial score (nSPS) is 17.9. The average Bonchev–Trinajstić information content (AvgIpc) is 3.41. The average molecular weight is 403 g/mol. The van der Waals surface area contributed by atoms with Crippen molar-refractivity contribution in [2.24, 2.45) is 5.92 Å². The Morgan fingerprint density at radius 3 is 2.50 bits per heavy atom. The molecule has 0 aromatic carbocycles. The molecule has 2 amide bonds. The zero-order chi connectivity index (χ0) is 19.8. The highest BCUT2D eigenvalue weighted by molar-refractivity contribution is 7.98. The Balaban J connectivity index is 1.41. The van der Waals surface area contributed by atoms with Crippen LogP contribution in [0.4, 0.5) is 0 Å². The third kappa shape index (κ3) is 3.85. The lowest BCUT2D eigenvalue weighted by Crippen LogP contribution is -2.44. The summed E-state index contributed by atoms with van der Waals surface area (Å²) in [6.45, 7) is 5.14. The molecule has 2 fully saturated rings. The van der Waals surface area contributed by atoms with Crippen molar-refractivity contribution in [3.63, 3.8) is 0 Å². The molecule has 1 saturated carbocycles. The molecule has 0 unspecified atom stereocenters. The van der Waals surface area contributed by atoms with Crippen molar-refractivity contribution < 1.29 is 9.59 Å². The Morgan fingerprint density at radius 2 is 1.86 bits per heavy atom. The minimum absolute atomic E-state index is 0.0336. The lowest BCUT2D eigenvalue weighted by molar-refractivity contribution is -0.135. The second-order valence-electron chi connectivity index (χ2n) is 7.69. The summed E-state index contributed by atoms with van der Waals surface area (Å²) in [5, 5.41) is 8.20. The molecule has 9 heteroatoms. The number of amides is 2. The largest absolute Gasteiger partial charge is 0.353 e. The van der Waals surface area contributed by atoms with E-state index in [0.717, 1.165) is 42.6 Å². The Hall–Kier alpha value is -2.16. The molecule has 2 aromatic rings. The van der Waals surface area contributed by atoms with Crippen LogP contribution in [0.5, 0.6) is 0 Å². The van der Waals surface area contributed by atoms with E-state index in [9.17, 15) is 9.59 Å². The Morgan fingerprint density at radius 1 is 1.14 bits per heavy atom. The number of nitrogens with one attached hydrogen (secondary N) is 1. The standard InChI is InChI=1S/C19H26N6O2S/c1-11-15(12(2)25-18(20-11)22-19(23-25)28-3)10-16(26)24-8-6-13(7-9-24)17(27)21-14-4-5-14/h13-14H,4-10H2,1-3H3,(H,21,27). The first kappa shape index (κ1) is 19.2. The molecule has 3 heterocycles. The van der Waals surface area contributed by atoms with Gasteiger partial charge in [0.15, 0.2) is 0 Å². The summed E-state index contributed by atoms with van der Waals surface area (Å²) in [4.78, 5) is 35.9. The van der Waals surface area contributed by atoms with E-state index < -0.39 is 0 Å². The van der Waals surface area contributed by atoms with Crippen LogP contribution in [0.15, 0.2) is 5.16 Å². The molecule has 1 N–H and O–H groups in total. The highest BCUT2D eigenvalue weighted by Crippen LogP contribution is 2.24. The van der Waals surface area contributed by atoms with Gasteiger partial charge in [-0.2, -0.15) is 4.98 Å². The van der Waals surface area contributed by atoms with Gasteiger partial charge in [-0.15, -0.1) is 5.10 Å². The minimum Gasteiger partial charge on any atom is -0.353 e. The first-order chi connectivity index (χ1) is 13.5. The molecule has 0 spiro atoms.